The van der Waals surface area contributed by atoms with E-state index in [-0.39, 0.29) is 0 Å². The molecular formula is C12H16N4O2. The van der Waals surface area contributed by atoms with Crippen LogP contribution in [0.5, 0.6) is 0 Å². The number of nitrogens with zero attached hydrogens (tertiary/aromatic N) is 3. The SMILES string of the molecule is COCC(O)CCNc1ccc2nccnc2n1. The van der Waals surface area contributed by atoms with Gasteiger partial charge < -0.3 is 15.2 Å². The topological polar surface area (TPSA) is 80.2 Å². The number of hydrogen-bond acceptors (Lipinski definition) is 6. The molecule has 0 aromatic carbocycles. The van der Waals surface area contributed by atoms with Crippen molar-refractivity contribution < 1.29 is 9.84 Å². The van der Waals surface area contributed by atoms with E-state index in [1.54, 1.807) is 19.5 Å². The maximum atomic E-state index is 9.49. The summed E-state index contributed by atoms with van der Waals surface area (Å²) in [5.41, 5.74) is 1.38. The summed E-state index contributed by atoms with van der Waals surface area (Å²) in [6.07, 6.45) is 3.40. The van der Waals surface area contributed by atoms with Gasteiger partial charge in [0.1, 0.15) is 11.3 Å². The number of aliphatic hydroxyl groups excluding tert-OH is 1. The van der Waals surface area contributed by atoms with Crippen molar-refractivity contribution in [3.05, 3.63) is 24.5 Å². The zero-order valence-electron chi connectivity index (χ0n) is 10.2. The van der Waals surface area contributed by atoms with Crippen LogP contribution < -0.4 is 5.32 Å². The Morgan fingerprint density at radius 3 is 3.00 bits per heavy atom. The predicted molar refractivity (Wildman–Crippen MR) is 68.3 cm³/mol. The number of rotatable bonds is 6. The Bertz CT molecular complexity index is 506. The maximum Gasteiger partial charge on any atom is 0.180 e. The van der Waals surface area contributed by atoms with E-state index in [0.29, 0.717) is 25.2 Å². The van der Waals surface area contributed by atoms with Crippen LogP contribution in [0, 0.1) is 0 Å². The van der Waals surface area contributed by atoms with Crippen molar-refractivity contribution in [1.29, 1.82) is 0 Å². The molecule has 0 aliphatic carbocycles. The molecule has 2 aromatic heterocycles. The molecule has 6 heteroatoms. The second kappa shape index (κ2) is 6.23. The second-order valence-corrected chi connectivity index (χ2v) is 3.92. The summed E-state index contributed by atoms with van der Waals surface area (Å²) < 4.78 is 4.85. The molecule has 18 heavy (non-hydrogen) atoms. The molecule has 96 valence electrons. The number of nitrogens with one attached hydrogen (secondary N) is 1. The van der Waals surface area contributed by atoms with Crippen LogP contribution in [0.1, 0.15) is 6.42 Å². The van der Waals surface area contributed by atoms with E-state index in [1.807, 2.05) is 12.1 Å². The molecule has 1 unspecified atom stereocenters. The summed E-state index contributed by atoms with van der Waals surface area (Å²) in [5.74, 6) is 0.729. The van der Waals surface area contributed by atoms with Crippen LogP contribution in [0.3, 0.4) is 0 Å². The normalized spacial score (nSPS) is 12.6. The van der Waals surface area contributed by atoms with Crippen molar-refractivity contribution in [3.8, 4) is 0 Å². The van der Waals surface area contributed by atoms with Crippen molar-refractivity contribution >= 4 is 17.0 Å². The van der Waals surface area contributed by atoms with Crippen LogP contribution >= 0.6 is 0 Å². The first-order valence-corrected chi connectivity index (χ1v) is 5.78. The Morgan fingerprint density at radius 2 is 2.17 bits per heavy atom. The third kappa shape index (κ3) is 3.35. The van der Waals surface area contributed by atoms with Crippen LogP contribution in [0.2, 0.25) is 0 Å². The van der Waals surface area contributed by atoms with E-state index in [1.165, 1.54) is 0 Å². The molecule has 0 saturated heterocycles. The third-order valence-corrected chi connectivity index (χ3v) is 2.47. The van der Waals surface area contributed by atoms with E-state index in [0.717, 1.165) is 11.3 Å². The van der Waals surface area contributed by atoms with E-state index in [9.17, 15) is 5.11 Å². The Hall–Kier alpha value is -1.79. The van der Waals surface area contributed by atoms with Gasteiger partial charge >= 0.3 is 0 Å². The molecule has 2 heterocycles. The summed E-state index contributed by atoms with van der Waals surface area (Å²) in [4.78, 5) is 12.6. The van der Waals surface area contributed by atoms with Crippen LogP contribution in [0.4, 0.5) is 5.82 Å². The molecule has 0 spiro atoms. The van der Waals surface area contributed by atoms with Crippen molar-refractivity contribution in [3.63, 3.8) is 0 Å². The van der Waals surface area contributed by atoms with Gasteiger partial charge in [-0.3, -0.25) is 4.98 Å². The van der Waals surface area contributed by atoms with Gasteiger partial charge in [-0.25, -0.2) is 9.97 Å². The fourth-order valence-corrected chi connectivity index (χ4v) is 1.60. The number of methoxy groups -OCH3 is 1. The van der Waals surface area contributed by atoms with Gasteiger partial charge in [0.15, 0.2) is 5.65 Å². The number of hydrogen-bond donors (Lipinski definition) is 2. The molecule has 0 bridgehead atoms. The average Bonchev–Trinajstić information content (AvgIpc) is 2.39. The highest BCUT2D eigenvalue weighted by Gasteiger charge is 2.03. The number of pyridine rings is 1. The summed E-state index contributed by atoms with van der Waals surface area (Å²) in [7, 11) is 1.57. The first-order valence-electron chi connectivity index (χ1n) is 5.78. The highest BCUT2D eigenvalue weighted by Crippen LogP contribution is 2.10. The molecule has 2 N–H and O–H groups in total. The number of fused-ring (bicyclic) bond motifs is 1. The molecule has 0 saturated carbocycles. The van der Waals surface area contributed by atoms with E-state index >= 15 is 0 Å². The largest absolute Gasteiger partial charge is 0.391 e. The highest BCUT2D eigenvalue weighted by atomic mass is 16.5. The molecule has 0 fully saturated rings. The number of anilines is 1. The molecule has 1 atom stereocenters. The van der Waals surface area contributed by atoms with Crippen molar-refractivity contribution in [2.75, 3.05) is 25.6 Å². The lowest BCUT2D eigenvalue weighted by atomic mass is 10.2. The molecule has 0 aliphatic rings. The quantitative estimate of drug-likeness (QED) is 0.788. The number of aliphatic hydroxyl groups is 1. The minimum absolute atomic E-state index is 0.346. The predicted octanol–water partition coefficient (Wildman–Crippen LogP) is 0.834. The number of ether oxygens (including phenoxy) is 1. The maximum absolute atomic E-state index is 9.49. The lowest BCUT2D eigenvalue weighted by Crippen LogP contribution is -2.18. The van der Waals surface area contributed by atoms with Crippen LogP contribution in [-0.4, -0.2) is 46.4 Å². The molecule has 2 rings (SSSR count). The summed E-state index contributed by atoms with van der Waals surface area (Å²) >= 11 is 0. The summed E-state index contributed by atoms with van der Waals surface area (Å²) in [6.45, 7) is 0.974. The smallest absolute Gasteiger partial charge is 0.180 e. The molecule has 0 amide bonds. The van der Waals surface area contributed by atoms with Crippen molar-refractivity contribution in [2.24, 2.45) is 0 Å². The first kappa shape index (κ1) is 12.7. The Morgan fingerprint density at radius 1 is 1.33 bits per heavy atom. The zero-order valence-corrected chi connectivity index (χ0v) is 10.2. The van der Waals surface area contributed by atoms with Gasteiger partial charge in [0.2, 0.25) is 0 Å². The molecule has 0 aliphatic heterocycles. The minimum atomic E-state index is -0.456. The monoisotopic (exact) mass is 248 g/mol. The Kier molecular flexibility index (Phi) is 4.38. The molecule has 2 aromatic rings. The summed E-state index contributed by atoms with van der Waals surface area (Å²) in [6, 6.07) is 3.71. The zero-order chi connectivity index (χ0) is 12.8. The van der Waals surface area contributed by atoms with Gasteiger partial charge in [0.25, 0.3) is 0 Å². The Balaban J connectivity index is 1.91. The standard InChI is InChI=1S/C12H16N4O2/c1-18-8-9(17)4-5-14-11-3-2-10-12(16-11)15-7-6-13-10/h2-3,6-7,9,17H,4-5,8H2,1H3,(H,14,15,16). The fourth-order valence-electron chi connectivity index (χ4n) is 1.60. The lowest BCUT2D eigenvalue weighted by molar-refractivity contribution is 0.0615. The van der Waals surface area contributed by atoms with Crippen LogP contribution in [0.15, 0.2) is 24.5 Å². The first-order chi connectivity index (χ1) is 8.79. The van der Waals surface area contributed by atoms with Gasteiger partial charge in [0.05, 0.1) is 12.7 Å². The minimum Gasteiger partial charge on any atom is -0.391 e. The van der Waals surface area contributed by atoms with E-state index in [4.69, 9.17) is 4.74 Å². The van der Waals surface area contributed by atoms with Gasteiger partial charge in [-0.2, -0.15) is 0 Å². The van der Waals surface area contributed by atoms with Crippen molar-refractivity contribution in [1.82, 2.24) is 15.0 Å². The van der Waals surface area contributed by atoms with E-state index in [2.05, 4.69) is 20.3 Å². The van der Waals surface area contributed by atoms with Crippen molar-refractivity contribution in [2.45, 2.75) is 12.5 Å². The van der Waals surface area contributed by atoms with Gasteiger partial charge in [-0.15, -0.1) is 0 Å². The average molecular weight is 248 g/mol. The second-order valence-electron chi connectivity index (χ2n) is 3.92. The van der Waals surface area contributed by atoms with Crippen LogP contribution in [-0.2, 0) is 4.74 Å². The highest BCUT2D eigenvalue weighted by molar-refractivity contribution is 5.71. The van der Waals surface area contributed by atoms with Gasteiger partial charge in [0, 0.05) is 26.0 Å². The Labute approximate surface area is 105 Å². The third-order valence-electron chi connectivity index (χ3n) is 2.47. The van der Waals surface area contributed by atoms with E-state index < -0.39 is 6.10 Å². The van der Waals surface area contributed by atoms with Gasteiger partial charge in [-0.1, -0.05) is 0 Å². The molecule has 6 nitrogen and oxygen atoms in total. The molecular weight excluding hydrogens is 232 g/mol. The van der Waals surface area contributed by atoms with Gasteiger partial charge in [-0.05, 0) is 18.6 Å². The lowest BCUT2D eigenvalue weighted by Gasteiger charge is -2.10. The fraction of sp³-hybridized carbons (Fsp3) is 0.417. The number of aromatic nitrogens is 3. The van der Waals surface area contributed by atoms with Crippen LogP contribution in [0.25, 0.3) is 11.2 Å². The molecule has 0 radical (unpaired) electrons. The summed E-state index contributed by atoms with van der Waals surface area (Å²) in [5, 5.41) is 12.6.